The van der Waals surface area contributed by atoms with Crippen LogP contribution in [0.4, 0.5) is 4.39 Å². The van der Waals surface area contributed by atoms with E-state index in [1.807, 2.05) is 42.3 Å². The van der Waals surface area contributed by atoms with Gasteiger partial charge in [-0.1, -0.05) is 61.7 Å². The molecule has 2 aromatic rings. The molecule has 3 fully saturated rings. The minimum atomic E-state index is -0.707. The average Bonchev–Trinajstić information content (AvgIpc) is 2.94. The van der Waals surface area contributed by atoms with Gasteiger partial charge in [-0.05, 0) is 68.5 Å². The molecule has 2 heterocycles. The molecule has 5 rings (SSSR count). The lowest BCUT2D eigenvalue weighted by Gasteiger charge is -2.51. The molecular weight excluding hydrogens is 481 g/mol. The summed E-state index contributed by atoms with van der Waals surface area (Å²) in [6, 6.07) is 15.8. The molecule has 38 heavy (non-hydrogen) atoms. The first-order valence-corrected chi connectivity index (χ1v) is 14.1. The Morgan fingerprint density at radius 1 is 1.03 bits per heavy atom. The lowest BCUT2D eigenvalue weighted by molar-refractivity contribution is -0.165. The third-order valence-electron chi connectivity index (χ3n) is 9.11. The van der Waals surface area contributed by atoms with E-state index in [0.29, 0.717) is 51.5 Å². The van der Waals surface area contributed by atoms with Crippen LogP contribution in [0.15, 0.2) is 54.6 Å². The number of carbonyl (C=O) groups excluding carboxylic acids is 2. The fourth-order valence-corrected chi connectivity index (χ4v) is 6.78. The second-order valence-corrected chi connectivity index (χ2v) is 11.5. The van der Waals surface area contributed by atoms with Gasteiger partial charge < -0.3 is 14.9 Å². The van der Waals surface area contributed by atoms with E-state index >= 15 is 0 Å². The van der Waals surface area contributed by atoms with Crippen molar-refractivity contribution in [2.45, 2.75) is 76.1 Å². The van der Waals surface area contributed by atoms with E-state index in [0.717, 1.165) is 24.0 Å². The Morgan fingerprint density at radius 3 is 2.34 bits per heavy atom. The zero-order valence-electron chi connectivity index (χ0n) is 22.4. The summed E-state index contributed by atoms with van der Waals surface area (Å²) in [4.78, 5) is 33.1. The molecule has 3 aliphatic rings. The Balaban J connectivity index is 1.30. The number of carbonyl (C=O) groups is 2. The molecule has 6 nitrogen and oxygen atoms in total. The van der Waals surface area contributed by atoms with Gasteiger partial charge in [0.2, 0.25) is 11.8 Å². The zero-order chi connectivity index (χ0) is 26.7. The largest absolute Gasteiger partial charge is 0.391 e. The third-order valence-corrected chi connectivity index (χ3v) is 9.11. The standard InChI is InChI=1S/C31H40FN3O3/c1-33(26-10-6-3-7-11-26)28(37)22-34-18-16-31(17-19-34)20-27(36)29(24-8-4-2-5-9-24)35(30(31)38)21-23-12-14-25(32)15-13-23/h2,4-5,8-9,12-15,26-27,29,36H,3,6-7,10-11,16-22H2,1H3/t27-,29+/m1/s1. The number of amides is 2. The Labute approximate surface area is 225 Å². The van der Waals surface area contributed by atoms with Crippen LogP contribution in [0.25, 0.3) is 0 Å². The number of hydrogen-bond donors (Lipinski definition) is 1. The Bertz CT molecular complexity index is 1100. The van der Waals surface area contributed by atoms with Crippen LogP contribution < -0.4 is 0 Å². The van der Waals surface area contributed by atoms with Gasteiger partial charge in [0.05, 0.1) is 24.1 Å². The Hall–Kier alpha value is -2.77. The van der Waals surface area contributed by atoms with E-state index in [4.69, 9.17) is 0 Å². The van der Waals surface area contributed by atoms with E-state index in [2.05, 4.69) is 4.90 Å². The predicted molar refractivity (Wildman–Crippen MR) is 145 cm³/mol. The van der Waals surface area contributed by atoms with Crippen molar-refractivity contribution in [3.05, 3.63) is 71.5 Å². The van der Waals surface area contributed by atoms with Crippen molar-refractivity contribution in [1.29, 1.82) is 0 Å². The van der Waals surface area contributed by atoms with Gasteiger partial charge in [-0.15, -0.1) is 0 Å². The molecule has 0 aromatic heterocycles. The number of aliphatic hydroxyl groups is 1. The number of nitrogens with zero attached hydrogens (tertiary/aromatic N) is 3. The first kappa shape index (κ1) is 26.8. The third kappa shape index (κ3) is 5.64. The van der Waals surface area contributed by atoms with Gasteiger partial charge in [0.15, 0.2) is 0 Å². The van der Waals surface area contributed by atoms with Crippen LogP contribution in [-0.2, 0) is 16.1 Å². The van der Waals surface area contributed by atoms with Crippen molar-refractivity contribution >= 4 is 11.8 Å². The first-order chi connectivity index (χ1) is 18.4. The predicted octanol–water partition coefficient (Wildman–Crippen LogP) is 4.53. The maximum atomic E-state index is 14.2. The van der Waals surface area contributed by atoms with Crippen LogP contribution in [0, 0.1) is 11.2 Å². The smallest absolute Gasteiger partial charge is 0.236 e. The molecule has 0 unspecified atom stereocenters. The topological polar surface area (TPSA) is 64.1 Å². The number of halogens is 1. The minimum absolute atomic E-state index is 0.0475. The molecule has 2 atom stereocenters. The van der Waals surface area contributed by atoms with E-state index in [1.165, 1.54) is 31.4 Å². The SMILES string of the molecule is CN(C(=O)CN1CCC2(CC1)C[C@@H](O)[C@H](c1ccccc1)N(Cc1ccc(F)cc1)C2=O)C1CCCCC1. The van der Waals surface area contributed by atoms with Gasteiger partial charge in [0.25, 0.3) is 0 Å². The number of hydrogen-bond acceptors (Lipinski definition) is 4. The number of rotatable bonds is 6. The van der Waals surface area contributed by atoms with Crippen LogP contribution in [0.2, 0.25) is 0 Å². The normalized spacial score (nSPS) is 24.5. The summed E-state index contributed by atoms with van der Waals surface area (Å²) in [5.74, 6) is -0.109. The first-order valence-electron chi connectivity index (χ1n) is 14.1. The molecule has 1 N–H and O–H groups in total. The van der Waals surface area contributed by atoms with Gasteiger partial charge in [0, 0.05) is 19.6 Å². The van der Waals surface area contributed by atoms with Gasteiger partial charge in [-0.3, -0.25) is 14.5 Å². The number of benzene rings is 2. The Morgan fingerprint density at radius 2 is 1.68 bits per heavy atom. The Kier molecular flexibility index (Phi) is 8.15. The molecule has 204 valence electrons. The second kappa shape index (κ2) is 11.5. The number of piperidine rings is 2. The second-order valence-electron chi connectivity index (χ2n) is 11.5. The molecule has 1 spiro atoms. The van der Waals surface area contributed by atoms with E-state index < -0.39 is 17.6 Å². The monoisotopic (exact) mass is 521 g/mol. The summed E-state index contributed by atoms with van der Waals surface area (Å²) in [6.07, 6.45) is 6.75. The molecule has 2 saturated heterocycles. The molecule has 1 aliphatic carbocycles. The summed E-state index contributed by atoms with van der Waals surface area (Å²) in [5.41, 5.74) is 1.08. The summed E-state index contributed by atoms with van der Waals surface area (Å²) < 4.78 is 13.6. The molecule has 2 aliphatic heterocycles. The molecule has 2 aromatic carbocycles. The van der Waals surface area contributed by atoms with Crippen LogP contribution >= 0.6 is 0 Å². The van der Waals surface area contributed by atoms with E-state index in [9.17, 15) is 19.1 Å². The van der Waals surface area contributed by atoms with E-state index in [-0.39, 0.29) is 17.6 Å². The number of likely N-dealkylation sites (tertiary alicyclic amines) is 2. The minimum Gasteiger partial charge on any atom is -0.391 e. The van der Waals surface area contributed by atoms with Gasteiger partial charge in [-0.25, -0.2) is 4.39 Å². The molecule has 0 bridgehead atoms. The fourth-order valence-electron chi connectivity index (χ4n) is 6.78. The molecule has 2 amide bonds. The summed E-state index contributed by atoms with van der Waals surface area (Å²) in [6.45, 7) is 2.00. The highest BCUT2D eigenvalue weighted by molar-refractivity contribution is 5.85. The molecule has 7 heteroatoms. The zero-order valence-corrected chi connectivity index (χ0v) is 22.4. The summed E-state index contributed by atoms with van der Waals surface area (Å²) in [5, 5.41) is 11.5. The highest BCUT2D eigenvalue weighted by Gasteiger charge is 2.52. The average molecular weight is 522 g/mol. The van der Waals surface area contributed by atoms with Gasteiger partial charge >= 0.3 is 0 Å². The summed E-state index contributed by atoms with van der Waals surface area (Å²) >= 11 is 0. The van der Waals surface area contributed by atoms with Crippen LogP contribution in [0.5, 0.6) is 0 Å². The quantitative estimate of drug-likeness (QED) is 0.607. The van der Waals surface area contributed by atoms with Gasteiger partial charge in [0.1, 0.15) is 5.82 Å². The molecular formula is C31H40FN3O3. The van der Waals surface area contributed by atoms with Crippen molar-refractivity contribution in [3.63, 3.8) is 0 Å². The van der Waals surface area contributed by atoms with Crippen molar-refractivity contribution in [3.8, 4) is 0 Å². The van der Waals surface area contributed by atoms with Crippen molar-refractivity contribution in [1.82, 2.24) is 14.7 Å². The number of likely N-dealkylation sites (N-methyl/N-ethyl adjacent to an activating group) is 1. The van der Waals surface area contributed by atoms with E-state index in [1.54, 1.807) is 17.0 Å². The summed E-state index contributed by atoms with van der Waals surface area (Å²) in [7, 11) is 1.93. The number of aliphatic hydroxyl groups excluding tert-OH is 1. The maximum absolute atomic E-state index is 14.2. The molecule has 0 radical (unpaired) electrons. The van der Waals surface area contributed by atoms with Crippen LogP contribution in [0.3, 0.4) is 0 Å². The van der Waals surface area contributed by atoms with Crippen molar-refractivity contribution in [2.75, 3.05) is 26.7 Å². The molecule has 1 saturated carbocycles. The highest BCUT2D eigenvalue weighted by Crippen LogP contribution is 2.47. The van der Waals surface area contributed by atoms with Crippen molar-refractivity contribution in [2.24, 2.45) is 5.41 Å². The van der Waals surface area contributed by atoms with Gasteiger partial charge in [-0.2, -0.15) is 0 Å². The van der Waals surface area contributed by atoms with Crippen molar-refractivity contribution < 1.29 is 19.1 Å². The maximum Gasteiger partial charge on any atom is 0.236 e. The highest BCUT2D eigenvalue weighted by atomic mass is 19.1. The van der Waals surface area contributed by atoms with Crippen LogP contribution in [-0.4, -0.2) is 70.4 Å². The fraction of sp³-hybridized carbons (Fsp3) is 0.548. The lowest BCUT2D eigenvalue weighted by Crippen LogP contribution is -2.58. The van der Waals surface area contributed by atoms with Crippen LogP contribution in [0.1, 0.15) is 68.5 Å². The lowest BCUT2D eigenvalue weighted by atomic mass is 9.68.